The van der Waals surface area contributed by atoms with Crippen molar-refractivity contribution in [1.82, 2.24) is 9.97 Å². The number of halogens is 1. The largest absolute Gasteiger partial charge is 0.356 e. The number of rotatable bonds is 5. The van der Waals surface area contributed by atoms with Gasteiger partial charge in [0.2, 0.25) is 0 Å². The highest BCUT2D eigenvalue weighted by molar-refractivity contribution is 6.30. The molecule has 1 saturated heterocycles. The molecule has 0 spiro atoms. The van der Waals surface area contributed by atoms with Gasteiger partial charge in [-0.25, -0.2) is 9.97 Å². The van der Waals surface area contributed by atoms with Crippen LogP contribution in [0.3, 0.4) is 0 Å². The normalized spacial score (nSPS) is 19.2. The smallest absolute Gasteiger partial charge is 0.137 e. The molecule has 1 atom stereocenters. The maximum absolute atomic E-state index is 6.25. The summed E-state index contributed by atoms with van der Waals surface area (Å²) in [6, 6.07) is 0. The van der Waals surface area contributed by atoms with Gasteiger partial charge in [-0.2, -0.15) is 0 Å². The maximum atomic E-state index is 6.25. The van der Waals surface area contributed by atoms with Crippen molar-refractivity contribution in [2.75, 3.05) is 18.0 Å². The summed E-state index contributed by atoms with van der Waals surface area (Å²) >= 11 is 6.25. The molecule has 3 nitrogen and oxygen atoms in total. The highest BCUT2D eigenvalue weighted by atomic mass is 35.5. The SMILES string of the molecule is CCCc1nc(Cl)c(C)c(N2CCC(CCC)C2)n1. The molecule has 1 fully saturated rings. The van der Waals surface area contributed by atoms with Crippen LogP contribution in [-0.4, -0.2) is 23.1 Å². The van der Waals surface area contributed by atoms with Crippen molar-refractivity contribution in [2.24, 2.45) is 5.92 Å². The van der Waals surface area contributed by atoms with Crippen molar-refractivity contribution in [3.63, 3.8) is 0 Å². The van der Waals surface area contributed by atoms with E-state index in [9.17, 15) is 0 Å². The van der Waals surface area contributed by atoms with E-state index in [-0.39, 0.29) is 0 Å². The first-order valence-corrected chi connectivity index (χ1v) is 7.81. The van der Waals surface area contributed by atoms with Gasteiger partial charge in [0.15, 0.2) is 0 Å². The Morgan fingerprint density at radius 1 is 1.26 bits per heavy atom. The van der Waals surface area contributed by atoms with Crippen LogP contribution < -0.4 is 4.90 Å². The molecule has 4 heteroatoms. The van der Waals surface area contributed by atoms with Crippen molar-refractivity contribution < 1.29 is 0 Å². The second-order valence-corrected chi connectivity index (χ2v) is 5.88. The predicted molar refractivity (Wildman–Crippen MR) is 81.0 cm³/mol. The van der Waals surface area contributed by atoms with Crippen LogP contribution in [0.5, 0.6) is 0 Å². The number of anilines is 1. The summed E-state index contributed by atoms with van der Waals surface area (Å²) in [6.07, 6.45) is 5.81. The van der Waals surface area contributed by atoms with Crippen LogP contribution in [-0.2, 0) is 6.42 Å². The van der Waals surface area contributed by atoms with Crippen molar-refractivity contribution in [1.29, 1.82) is 0 Å². The first-order chi connectivity index (χ1) is 9.15. The molecule has 1 aliphatic heterocycles. The second-order valence-electron chi connectivity index (χ2n) is 5.52. The lowest BCUT2D eigenvalue weighted by atomic mass is 10.0. The predicted octanol–water partition coefficient (Wildman–Crippen LogP) is 4.02. The molecule has 2 rings (SSSR count). The molecule has 0 aliphatic carbocycles. The molecular weight excluding hydrogens is 258 g/mol. The number of aromatic nitrogens is 2. The third-order valence-electron chi connectivity index (χ3n) is 3.86. The van der Waals surface area contributed by atoms with Crippen molar-refractivity contribution in [3.8, 4) is 0 Å². The zero-order valence-corrected chi connectivity index (χ0v) is 13.0. The molecule has 2 heterocycles. The van der Waals surface area contributed by atoms with Crippen LogP contribution >= 0.6 is 11.6 Å². The van der Waals surface area contributed by atoms with Crippen LogP contribution in [0.25, 0.3) is 0 Å². The lowest BCUT2D eigenvalue weighted by molar-refractivity contribution is 0.529. The van der Waals surface area contributed by atoms with Gasteiger partial charge < -0.3 is 4.90 Å². The summed E-state index contributed by atoms with van der Waals surface area (Å²) in [6.45, 7) is 8.65. The molecule has 1 unspecified atom stereocenters. The van der Waals surface area contributed by atoms with Crippen LogP contribution in [0, 0.1) is 12.8 Å². The topological polar surface area (TPSA) is 29.0 Å². The Balaban J connectivity index is 2.19. The monoisotopic (exact) mass is 281 g/mol. The van der Waals surface area contributed by atoms with Gasteiger partial charge in [-0.3, -0.25) is 0 Å². The van der Waals surface area contributed by atoms with E-state index in [4.69, 9.17) is 16.6 Å². The van der Waals surface area contributed by atoms with Gasteiger partial charge in [0.05, 0.1) is 0 Å². The van der Waals surface area contributed by atoms with Crippen molar-refractivity contribution in [3.05, 3.63) is 16.5 Å². The lowest BCUT2D eigenvalue weighted by Gasteiger charge is -2.20. The molecule has 1 aromatic heterocycles. The minimum atomic E-state index is 0.618. The molecular formula is C15H24ClN3. The highest BCUT2D eigenvalue weighted by Crippen LogP contribution is 2.30. The summed E-state index contributed by atoms with van der Waals surface area (Å²) in [5.41, 5.74) is 1.03. The van der Waals surface area contributed by atoms with Crippen molar-refractivity contribution in [2.45, 2.75) is 52.9 Å². The lowest BCUT2D eigenvalue weighted by Crippen LogP contribution is -2.23. The van der Waals surface area contributed by atoms with Crippen molar-refractivity contribution >= 4 is 17.4 Å². The van der Waals surface area contributed by atoms with Gasteiger partial charge in [0.25, 0.3) is 0 Å². The minimum Gasteiger partial charge on any atom is -0.356 e. The van der Waals surface area contributed by atoms with E-state index in [2.05, 4.69) is 23.7 Å². The van der Waals surface area contributed by atoms with Gasteiger partial charge in [-0.1, -0.05) is 31.9 Å². The Labute approximate surface area is 121 Å². The number of hydrogen-bond donors (Lipinski definition) is 0. The van der Waals surface area contributed by atoms with Gasteiger partial charge in [-0.15, -0.1) is 0 Å². The van der Waals surface area contributed by atoms with E-state index in [1.54, 1.807) is 0 Å². The Morgan fingerprint density at radius 3 is 2.74 bits per heavy atom. The molecule has 19 heavy (non-hydrogen) atoms. The molecule has 0 amide bonds. The highest BCUT2D eigenvalue weighted by Gasteiger charge is 2.25. The summed E-state index contributed by atoms with van der Waals surface area (Å²) in [4.78, 5) is 11.5. The Bertz CT molecular complexity index is 434. The average molecular weight is 282 g/mol. The minimum absolute atomic E-state index is 0.618. The molecule has 106 valence electrons. The Morgan fingerprint density at radius 2 is 2.05 bits per heavy atom. The van der Waals surface area contributed by atoms with E-state index in [1.165, 1.54) is 19.3 Å². The third kappa shape index (κ3) is 3.38. The summed E-state index contributed by atoms with van der Waals surface area (Å²) in [7, 11) is 0. The van der Waals surface area contributed by atoms with E-state index < -0.39 is 0 Å². The van der Waals surface area contributed by atoms with Crippen LogP contribution in [0.4, 0.5) is 5.82 Å². The van der Waals surface area contributed by atoms with Gasteiger partial charge >= 0.3 is 0 Å². The van der Waals surface area contributed by atoms with E-state index in [0.29, 0.717) is 5.15 Å². The summed E-state index contributed by atoms with van der Waals surface area (Å²) < 4.78 is 0. The molecule has 0 N–H and O–H groups in total. The first-order valence-electron chi connectivity index (χ1n) is 7.43. The Kier molecular flexibility index (Phi) is 5.03. The van der Waals surface area contributed by atoms with Gasteiger partial charge in [0, 0.05) is 25.1 Å². The number of nitrogens with zero attached hydrogens (tertiary/aromatic N) is 3. The quantitative estimate of drug-likeness (QED) is 0.764. The summed E-state index contributed by atoms with van der Waals surface area (Å²) in [5, 5.41) is 0.618. The summed E-state index contributed by atoms with van der Waals surface area (Å²) in [5.74, 6) is 2.75. The third-order valence-corrected chi connectivity index (χ3v) is 4.23. The molecule has 0 saturated carbocycles. The first kappa shape index (κ1) is 14.6. The number of aryl methyl sites for hydroxylation is 1. The average Bonchev–Trinajstić information content (AvgIpc) is 2.83. The van der Waals surface area contributed by atoms with Crippen LogP contribution in [0.2, 0.25) is 5.15 Å². The molecule has 0 bridgehead atoms. The maximum Gasteiger partial charge on any atom is 0.137 e. The zero-order chi connectivity index (χ0) is 13.8. The molecule has 1 aromatic rings. The Hall–Kier alpha value is -0.830. The van der Waals surface area contributed by atoms with Gasteiger partial charge in [-0.05, 0) is 32.1 Å². The standard InChI is InChI=1S/C15H24ClN3/c1-4-6-12-8-9-19(10-12)15-11(3)14(16)17-13(18-15)7-5-2/h12H,4-10H2,1-3H3. The molecule has 0 aromatic carbocycles. The van der Waals surface area contributed by atoms with E-state index in [0.717, 1.165) is 49.1 Å². The fraction of sp³-hybridized carbons (Fsp3) is 0.733. The fourth-order valence-corrected chi connectivity index (χ4v) is 3.01. The molecule has 1 aliphatic rings. The van der Waals surface area contributed by atoms with E-state index >= 15 is 0 Å². The molecule has 0 radical (unpaired) electrons. The number of hydrogen-bond acceptors (Lipinski definition) is 3. The fourth-order valence-electron chi connectivity index (χ4n) is 2.83. The van der Waals surface area contributed by atoms with Gasteiger partial charge in [0.1, 0.15) is 16.8 Å². The van der Waals surface area contributed by atoms with Crippen LogP contribution in [0.15, 0.2) is 0 Å². The second kappa shape index (κ2) is 6.56. The van der Waals surface area contributed by atoms with E-state index in [1.807, 2.05) is 6.92 Å². The zero-order valence-electron chi connectivity index (χ0n) is 12.2. The van der Waals surface area contributed by atoms with Crippen LogP contribution in [0.1, 0.15) is 50.9 Å².